The lowest BCUT2D eigenvalue weighted by atomic mass is 10.0. The van der Waals surface area contributed by atoms with E-state index in [4.69, 9.17) is 4.74 Å². The van der Waals surface area contributed by atoms with Crippen LogP contribution in [0.15, 0.2) is 24.3 Å². The molecule has 1 N–H and O–H groups in total. The van der Waals surface area contributed by atoms with Crippen LogP contribution in [0, 0.1) is 12.7 Å². The van der Waals surface area contributed by atoms with Crippen molar-refractivity contribution in [3.05, 3.63) is 52.6 Å². The lowest BCUT2D eigenvalue weighted by Gasteiger charge is -2.24. The van der Waals surface area contributed by atoms with Crippen molar-refractivity contribution in [3.63, 3.8) is 0 Å². The number of alkyl halides is 5. The third-order valence-corrected chi connectivity index (χ3v) is 6.10. The van der Waals surface area contributed by atoms with Crippen molar-refractivity contribution < 1.29 is 31.1 Å². The number of fused-ring (bicyclic) bond motifs is 1. The van der Waals surface area contributed by atoms with E-state index in [-0.39, 0.29) is 46.3 Å². The fraction of sp³-hybridized carbons (Fsp3) is 0.435. The summed E-state index contributed by atoms with van der Waals surface area (Å²) < 4.78 is 88.1. The van der Waals surface area contributed by atoms with E-state index in [1.54, 1.807) is 4.90 Å². The first-order chi connectivity index (χ1) is 16.5. The van der Waals surface area contributed by atoms with Crippen LogP contribution < -0.4 is 10.2 Å². The minimum atomic E-state index is -4.72. The highest BCUT2D eigenvalue weighted by molar-refractivity contribution is 5.93. The molecule has 3 aromatic rings. The average Bonchev–Trinajstić information content (AvgIpc) is 3.29. The van der Waals surface area contributed by atoms with E-state index < -0.39 is 35.7 Å². The molecule has 188 valence electrons. The number of nitrogens with zero attached hydrogens (tertiary/aromatic N) is 4. The van der Waals surface area contributed by atoms with Gasteiger partial charge in [-0.2, -0.15) is 18.3 Å². The largest absolute Gasteiger partial charge is 0.435 e. The second-order valence-electron chi connectivity index (χ2n) is 8.39. The lowest BCUT2D eigenvalue weighted by molar-refractivity contribution is -0.140. The Morgan fingerprint density at radius 2 is 1.89 bits per heavy atom. The van der Waals surface area contributed by atoms with Crippen molar-refractivity contribution in [2.45, 2.75) is 45.0 Å². The maximum absolute atomic E-state index is 14.7. The van der Waals surface area contributed by atoms with Gasteiger partial charge in [0.25, 0.3) is 6.43 Å². The number of benzene rings is 1. The summed E-state index contributed by atoms with van der Waals surface area (Å²) in [5.74, 6) is -1.00. The third-order valence-electron chi connectivity index (χ3n) is 6.10. The molecule has 0 unspecified atom stereocenters. The molecule has 1 aliphatic heterocycles. The highest BCUT2D eigenvalue weighted by Gasteiger charge is 2.39. The summed E-state index contributed by atoms with van der Waals surface area (Å²) in [5.41, 5.74) is -1.80. The van der Waals surface area contributed by atoms with Gasteiger partial charge in [-0.05, 0) is 26.3 Å². The molecule has 2 aromatic heterocycles. The van der Waals surface area contributed by atoms with Crippen LogP contribution >= 0.6 is 0 Å². The Morgan fingerprint density at radius 3 is 2.51 bits per heavy atom. The standard InChI is InChI=1S/C23H23F6N5O/c1-11(14-5-4-6-15(18(14)24)21(25)26)30-22-16-9-17(34-8-7-13(10-34)35-3)20(23(27,28)29)31-19(16)12(2)32-33-22/h4-6,9,11,13,21H,7-8,10H2,1-3H3,(H,30,33)/t11-,13+/m1/s1. The predicted octanol–water partition coefficient (Wildman–Crippen LogP) is 5.83. The van der Waals surface area contributed by atoms with Crippen molar-refractivity contribution in [2.24, 2.45) is 0 Å². The number of halogens is 6. The average molecular weight is 499 g/mol. The zero-order valence-corrected chi connectivity index (χ0v) is 19.1. The molecule has 0 radical (unpaired) electrons. The first-order valence-electron chi connectivity index (χ1n) is 10.9. The minimum absolute atomic E-state index is 0.0185. The normalized spacial score (nSPS) is 17.4. The molecule has 1 aliphatic rings. The number of methoxy groups -OCH3 is 1. The number of anilines is 2. The molecule has 1 aromatic carbocycles. The lowest BCUT2D eigenvalue weighted by Crippen LogP contribution is -2.26. The molecular weight excluding hydrogens is 476 g/mol. The Balaban J connectivity index is 1.80. The zero-order chi connectivity index (χ0) is 25.5. The second-order valence-corrected chi connectivity index (χ2v) is 8.39. The number of ether oxygens (including phenoxy) is 1. The monoisotopic (exact) mass is 499 g/mol. The van der Waals surface area contributed by atoms with E-state index in [9.17, 15) is 26.3 Å². The number of rotatable bonds is 6. The summed E-state index contributed by atoms with van der Waals surface area (Å²) in [5, 5.41) is 11.1. The summed E-state index contributed by atoms with van der Waals surface area (Å²) in [4.78, 5) is 5.47. The first-order valence-corrected chi connectivity index (χ1v) is 10.9. The Hall–Kier alpha value is -3.15. The Bertz CT molecular complexity index is 1240. The van der Waals surface area contributed by atoms with E-state index in [2.05, 4.69) is 20.5 Å². The predicted molar refractivity (Wildman–Crippen MR) is 118 cm³/mol. The second kappa shape index (κ2) is 9.48. The number of nitrogens with one attached hydrogen (secondary N) is 1. The molecule has 2 atom stereocenters. The quantitative estimate of drug-likeness (QED) is 0.431. The molecule has 3 heterocycles. The summed E-state index contributed by atoms with van der Waals surface area (Å²) >= 11 is 0. The fourth-order valence-electron chi connectivity index (χ4n) is 4.24. The van der Waals surface area contributed by atoms with Crippen molar-refractivity contribution in [1.29, 1.82) is 0 Å². The molecule has 4 rings (SSSR count). The SMILES string of the molecule is CO[C@H]1CCN(c2cc3c(N[C@H](C)c4cccc(C(F)F)c4F)nnc(C)c3nc2C(F)(F)F)C1. The molecule has 12 heteroatoms. The smallest absolute Gasteiger partial charge is 0.380 e. The van der Waals surface area contributed by atoms with Crippen LogP contribution in [-0.4, -0.2) is 41.5 Å². The van der Waals surface area contributed by atoms with Crippen LogP contribution in [0.2, 0.25) is 0 Å². The topological polar surface area (TPSA) is 63.2 Å². The van der Waals surface area contributed by atoms with Crippen LogP contribution in [0.1, 0.15) is 48.3 Å². The van der Waals surface area contributed by atoms with Gasteiger partial charge in [0, 0.05) is 31.1 Å². The van der Waals surface area contributed by atoms with Gasteiger partial charge in [-0.3, -0.25) is 0 Å². The molecular formula is C23H23F6N5O. The molecule has 0 aliphatic carbocycles. The molecule has 0 amide bonds. The number of aromatic nitrogens is 3. The van der Waals surface area contributed by atoms with Crippen LogP contribution in [0.3, 0.4) is 0 Å². The van der Waals surface area contributed by atoms with Crippen molar-refractivity contribution >= 4 is 22.4 Å². The maximum Gasteiger partial charge on any atom is 0.435 e. The molecule has 0 saturated carbocycles. The van der Waals surface area contributed by atoms with E-state index in [1.165, 1.54) is 39.2 Å². The van der Waals surface area contributed by atoms with Gasteiger partial charge in [0.15, 0.2) is 11.5 Å². The molecule has 1 saturated heterocycles. The Labute approximate surface area is 197 Å². The summed E-state index contributed by atoms with van der Waals surface area (Å²) in [6.07, 6.45) is -7.37. The van der Waals surface area contributed by atoms with E-state index >= 15 is 0 Å². The van der Waals surface area contributed by atoms with Crippen LogP contribution in [0.5, 0.6) is 0 Å². The Kier molecular flexibility index (Phi) is 6.76. The van der Waals surface area contributed by atoms with Gasteiger partial charge in [0.05, 0.1) is 34.6 Å². The van der Waals surface area contributed by atoms with Gasteiger partial charge in [-0.25, -0.2) is 18.2 Å². The van der Waals surface area contributed by atoms with E-state index in [0.29, 0.717) is 13.0 Å². The van der Waals surface area contributed by atoms with Gasteiger partial charge in [0.2, 0.25) is 0 Å². The van der Waals surface area contributed by atoms with Crippen LogP contribution in [-0.2, 0) is 10.9 Å². The van der Waals surface area contributed by atoms with Crippen molar-refractivity contribution in [3.8, 4) is 0 Å². The number of aryl methyl sites for hydroxylation is 1. The molecule has 1 fully saturated rings. The van der Waals surface area contributed by atoms with Crippen LogP contribution in [0.25, 0.3) is 10.9 Å². The number of hydrogen-bond donors (Lipinski definition) is 1. The fourth-order valence-corrected chi connectivity index (χ4v) is 4.24. The van der Waals surface area contributed by atoms with E-state index in [0.717, 1.165) is 6.07 Å². The first kappa shape index (κ1) is 25.0. The van der Waals surface area contributed by atoms with Gasteiger partial charge >= 0.3 is 6.18 Å². The number of pyridine rings is 1. The van der Waals surface area contributed by atoms with Gasteiger partial charge in [0.1, 0.15) is 5.82 Å². The summed E-state index contributed by atoms with van der Waals surface area (Å²) in [6, 6.07) is 4.15. The van der Waals surface area contributed by atoms with Gasteiger partial charge in [-0.1, -0.05) is 18.2 Å². The molecule has 0 spiro atoms. The minimum Gasteiger partial charge on any atom is -0.380 e. The maximum atomic E-state index is 14.7. The van der Waals surface area contributed by atoms with Gasteiger partial charge < -0.3 is 15.0 Å². The number of hydrogen-bond acceptors (Lipinski definition) is 6. The van der Waals surface area contributed by atoms with Crippen molar-refractivity contribution in [1.82, 2.24) is 15.2 Å². The highest BCUT2D eigenvalue weighted by Crippen LogP contribution is 2.40. The zero-order valence-electron chi connectivity index (χ0n) is 19.1. The summed E-state index contributed by atoms with van der Waals surface area (Å²) in [7, 11) is 1.50. The summed E-state index contributed by atoms with van der Waals surface area (Å²) in [6.45, 7) is 3.62. The highest BCUT2D eigenvalue weighted by atomic mass is 19.4. The molecule has 6 nitrogen and oxygen atoms in total. The van der Waals surface area contributed by atoms with Gasteiger partial charge in [-0.15, -0.1) is 5.10 Å². The Morgan fingerprint density at radius 1 is 1.17 bits per heavy atom. The van der Waals surface area contributed by atoms with Crippen LogP contribution in [0.4, 0.5) is 37.8 Å². The molecule has 35 heavy (non-hydrogen) atoms. The molecule has 0 bridgehead atoms. The van der Waals surface area contributed by atoms with E-state index in [1.807, 2.05) is 0 Å². The van der Waals surface area contributed by atoms with Crippen molar-refractivity contribution in [2.75, 3.05) is 30.4 Å². The third kappa shape index (κ3) is 4.84.